The van der Waals surface area contributed by atoms with E-state index in [1.165, 1.54) is 6.07 Å². The fourth-order valence-electron chi connectivity index (χ4n) is 1.72. The number of nitrogens with zero attached hydrogens (tertiary/aromatic N) is 1. The topological polar surface area (TPSA) is 113 Å². The Kier molecular flexibility index (Phi) is 5.90. The molecule has 20 heavy (non-hydrogen) atoms. The Labute approximate surface area is 117 Å². The number of sulfonamides is 1. The van der Waals surface area contributed by atoms with E-state index in [9.17, 15) is 18.5 Å². The standard InChI is InChI=1S/C12H18N2O5S/c1-10-11(14(15)16)6-5-7-12(10)19-8-3-2-4-9-20(13,17)18/h5-7H,2-4,8-9H2,1H3,(H2,13,17,18). The number of primary sulfonamides is 1. The molecular weight excluding hydrogens is 284 g/mol. The molecule has 0 aliphatic heterocycles. The summed E-state index contributed by atoms with van der Waals surface area (Å²) in [5.74, 6) is 0.439. The van der Waals surface area contributed by atoms with Gasteiger partial charge in [0.1, 0.15) is 5.75 Å². The molecule has 1 aromatic carbocycles. The number of rotatable bonds is 8. The summed E-state index contributed by atoms with van der Waals surface area (Å²) >= 11 is 0. The summed E-state index contributed by atoms with van der Waals surface area (Å²) in [6.07, 6.45) is 1.82. The summed E-state index contributed by atoms with van der Waals surface area (Å²) < 4.78 is 26.9. The van der Waals surface area contributed by atoms with E-state index >= 15 is 0 Å². The Morgan fingerprint density at radius 2 is 2.00 bits per heavy atom. The Morgan fingerprint density at radius 3 is 2.60 bits per heavy atom. The van der Waals surface area contributed by atoms with E-state index in [-0.39, 0.29) is 11.4 Å². The van der Waals surface area contributed by atoms with Crippen molar-refractivity contribution in [3.05, 3.63) is 33.9 Å². The van der Waals surface area contributed by atoms with Crippen LogP contribution in [0.1, 0.15) is 24.8 Å². The van der Waals surface area contributed by atoms with Crippen LogP contribution in [0.15, 0.2) is 18.2 Å². The van der Waals surface area contributed by atoms with Crippen LogP contribution in [-0.2, 0) is 10.0 Å². The third-order valence-electron chi connectivity index (χ3n) is 2.78. The molecule has 0 radical (unpaired) electrons. The Bertz CT molecular complexity index is 571. The summed E-state index contributed by atoms with van der Waals surface area (Å²) in [6, 6.07) is 4.67. The van der Waals surface area contributed by atoms with Crippen LogP contribution >= 0.6 is 0 Å². The largest absolute Gasteiger partial charge is 0.493 e. The molecule has 0 unspecified atom stereocenters. The zero-order valence-corrected chi connectivity index (χ0v) is 12.1. The van der Waals surface area contributed by atoms with E-state index in [0.717, 1.165) is 0 Å². The maximum absolute atomic E-state index is 10.8. The van der Waals surface area contributed by atoms with Gasteiger partial charge >= 0.3 is 0 Å². The highest BCUT2D eigenvalue weighted by molar-refractivity contribution is 7.89. The average molecular weight is 302 g/mol. The Morgan fingerprint density at radius 1 is 1.30 bits per heavy atom. The fraction of sp³-hybridized carbons (Fsp3) is 0.500. The molecule has 0 bridgehead atoms. The highest BCUT2D eigenvalue weighted by Crippen LogP contribution is 2.27. The van der Waals surface area contributed by atoms with Gasteiger partial charge in [0, 0.05) is 6.07 Å². The number of hydrogen-bond donors (Lipinski definition) is 1. The molecule has 0 aliphatic carbocycles. The van der Waals surface area contributed by atoms with Gasteiger partial charge in [-0.05, 0) is 32.3 Å². The first kappa shape index (κ1) is 16.4. The van der Waals surface area contributed by atoms with Crippen LogP contribution in [0.3, 0.4) is 0 Å². The van der Waals surface area contributed by atoms with Gasteiger partial charge in [0.05, 0.1) is 22.8 Å². The highest BCUT2D eigenvalue weighted by Gasteiger charge is 2.13. The van der Waals surface area contributed by atoms with Gasteiger partial charge in [-0.3, -0.25) is 10.1 Å². The van der Waals surface area contributed by atoms with Crippen LogP contribution < -0.4 is 9.88 Å². The molecule has 0 saturated carbocycles. The Balaban J connectivity index is 2.40. The maximum atomic E-state index is 10.8. The summed E-state index contributed by atoms with van der Waals surface area (Å²) in [5.41, 5.74) is 0.513. The van der Waals surface area contributed by atoms with Crippen molar-refractivity contribution in [2.45, 2.75) is 26.2 Å². The minimum absolute atomic E-state index is 0.0247. The quantitative estimate of drug-likeness (QED) is 0.446. The number of nitro benzene ring substituents is 1. The Hall–Kier alpha value is -1.67. The summed E-state index contributed by atoms with van der Waals surface area (Å²) in [5, 5.41) is 15.6. The van der Waals surface area contributed by atoms with Gasteiger partial charge < -0.3 is 4.74 Å². The van der Waals surface area contributed by atoms with Crippen molar-refractivity contribution in [1.82, 2.24) is 0 Å². The number of ether oxygens (including phenoxy) is 1. The number of nitro groups is 1. The SMILES string of the molecule is Cc1c(OCCCCCS(N)(=O)=O)cccc1[N+](=O)[O-]. The van der Waals surface area contributed by atoms with Crippen molar-refractivity contribution in [3.63, 3.8) is 0 Å². The minimum Gasteiger partial charge on any atom is -0.493 e. The minimum atomic E-state index is -3.40. The van der Waals surface area contributed by atoms with Gasteiger partial charge in [0.2, 0.25) is 10.0 Å². The fourth-order valence-corrected chi connectivity index (χ4v) is 2.33. The molecule has 0 aromatic heterocycles. The molecule has 7 nitrogen and oxygen atoms in total. The van der Waals surface area contributed by atoms with E-state index < -0.39 is 14.9 Å². The number of unbranched alkanes of at least 4 members (excludes halogenated alkanes) is 2. The van der Waals surface area contributed by atoms with Crippen LogP contribution in [0.25, 0.3) is 0 Å². The molecule has 0 fully saturated rings. The van der Waals surface area contributed by atoms with Gasteiger partial charge in [0.25, 0.3) is 5.69 Å². The molecular formula is C12H18N2O5S. The van der Waals surface area contributed by atoms with Crippen molar-refractivity contribution in [2.75, 3.05) is 12.4 Å². The first-order chi connectivity index (χ1) is 9.31. The third-order valence-corrected chi connectivity index (χ3v) is 3.64. The zero-order valence-electron chi connectivity index (χ0n) is 11.2. The molecule has 1 aromatic rings. The lowest BCUT2D eigenvalue weighted by molar-refractivity contribution is -0.385. The highest BCUT2D eigenvalue weighted by atomic mass is 32.2. The molecule has 0 atom stereocenters. The lowest BCUT2D eigenvalue weighted by Gasteiger charge is -2.08. The van der Waals surface area contributed by atoms with Crippen molar-refractivity contribution in [3.8, 4) is 5.75 Å². The number of nitrogens with two attached hydrogens (primary N) is 1. The molecule has 0 aliphatic rings. The van der Waals surface area contributed by atoms with E-state index in [2.05, 4.69) is 0 Å². The lowest BCUT2D eigenvalue weighted by atomic mass is 10.2. The van der Waals surface area contributed by atoms with Crippen molar-refractivity contribution >= 4 is 15.7 Å². The van der Waals surface area contributed by atoms with E-state index in [1.807, 2.05) is 0 Å². The lowest BCUT2D eigenvalue weighted by Crippen LogP contribution is -2.16. The van der Waals surface area contributed by atoms with Gasteiger partial charge in [0.15, 0.2) is 0 Å². The zero-order chi connectivity index (χ0) is 15.2. The van der Waals surface area contributed by atoms with Crippen LogP contribution in [0.4, 0.5) is 5.69 Å². The second-order valence-electron chi connectivity index (χ2n) is 4.43. The molecule has 0 amide bonds. The molecule has 0 saturated heterocycles. The molecule has 1 rings (SSSR count). The van der Waals surface area contributed by atoms with E-state index in [4.69, 9.17) is 9.88 Å². The third kappa shape index (κ3) is 5.54. The van der Waals surface area contributed by atoms with Crippen LogP contribution in [0.2, 0.25) is 0 Å². The second-order valence-corrected chi connectivity index (χ2v) is 6.17. The second kappa shape index (κ2) is 7.20. The summed E-state index contributed by atoms with van der Waals surface area (Å²) in [7, 11) is -3.40. The van der Waals surface area contributed by atoms with E-state index in [1.54, 1.807) is 19.1 Å². The monoisotopic (exact) mass is 302 g/mol. The average Bonchev–Trinajstić information content (AvgIpc) is 2.33. The predicted molar refractivity (Wildman–Crippen MR) is 75.2 cm³/mol. The van der Waals surface area contributed by atoms with Crippen molar-refractivity contribution < 1.29 is 18.1 Å². The van der Waals surface area contributed by atoms with E-state index in [0.29, 0.717) is 37.2 Å². The molecule has 0 heterocycles. The van der Waals surface area contributed by atoms with Crippen LogP contribution in [-0.4, -0.2) is 25.7 Å². The summed E-state index contributed by atoms with van der Waals surface area (Å²) in [6.45, 7) is 2.01. The van der Waals surface area contributed by atoms with Gasteiger partial charge in [-0.1, -0.05) is 6.07 Å². The number of hydrogen-bond acceptors (Lipinski definition) is 5. The van der Waals surface area contributed by atoms with Gasteiger partial charge in [-0.15, -0.1) is 0 Å². The molecule has 112 valence electrons. The van der Waals surface area contributed by atoms with Gasteiger partial charge in [-0.2, -0.15) is 0 Å². The first-order valence-electron chi connectivity index (χ1n) is 6.18. The van der Waals surface area contributed by atoms with Crippen LogP contribution in [0.5, 0.6) is 5.75 Å². The summed E-state index contributed by atoms with van der Waals surface area (Å²) in [4.78, 5) is 10.3. The molecule has 8 heteroatoms. The smallest absolute Gasteiger partial charge is 0.276 e. The van der Waals surface area contributed by atoms with Crippen molar-refractivity contribution in [2.24, 2.45) is 5.14 Å². The molecule has 2 N–H and O–H groups in total. The van der Waals surface area contributed by atoms with Gasteiger partial charge in [-0.25, -0.2) is 13.6 Å². The van der Waals surface area contributed by atoms with Crippen molar-refractivity contribution in [1.29, 1.82) is 0 Å². The number of benzene rings is 1. The van der Waals surface area contributed by atoms with Crippen LogP contribution in [0, 0.1) is 17.0 Å². The maximum Gasteiger partial charge on any atom is 0.276 e. The predicted octanol–water partition coefficient (Wildman–Crippen LogP) is 1.74. The first-order valence-corrected chi connectivity index (χ1v) is 7.90. The molecule has 0 spiro atoms. The normalized spacial score (nSPS) is 11.3.